The van der Waals surface area contributed by atoms with Gasteiger partial charge in [-0.1, -0.05) is 13.3 Å². The Hall–Kier alpha value is -2.85. The van der Waals surface area contributed by atoms with Gasteiger partial charge in [0.25, 0.3) is 0 Å². The number of fused-ring (bicyclic) bond motifs is 1. The largest absolute Gasteiger partial charge is 0.463 e. The smallest absolute Gasteiger partial charge is 0.408 e. The maximum absolute atomic E-state index is 13.3. The second-order valence-corrected chi connectivity index (χ2v) is 11.7. The number of nitrogens with zero attached hydrogens (tertiary/aromatic N) is 1. The summed E-state index contributed by atoms with van der Waals surface area (Å²) in [5.74, 6) is 0.351. The molecule has 0 spiro atoms. The number of aromatic nitrogens is 1. The van der Waals surface area contributed by atoms with E-state index in [-0.39, 0.29) is 5.43 Å². The second kappa shape index (κ2) is 12.6. The van der Waals surface area contributed by atoms with Crippen molar-refractivity contribution >= 4 is 46.1 Å². The molecule has 0 aliphatic heterocycles. The van der Waals surface area contributed by atoms with Gasteiger partial charge in [0.1, 0.15) is 29.2 Å². The van der Waals surface area contributed by atoms with Crippen LogP contribution in [0.1, 0.15) is 57.5 Å². The van der Waals surface area contributed by atoms with Gasteiger partial charge in [0.2, 0.25) is 5.43 Å². The first-order valence-corrected chi connectivity index (χ1v) is 14.5. The third-order valence-corrected chi connectivity index (χ3v) is 6.86. The van der Waals surface area contributed by atoms with Crippen LogP contribution in [0.4, 0.5) is 4.79 Å². The van der Waals surface area contributed by atoms with Crippen molar-refractivity contribution in [3.63, 3.8) is 0 Å². The van der Waals surface area contributed by atoms with E-state index in [4.69, 9.17) is 13.9 Å². The lowest BCUT2D eigenvalue weighted by Crippen LogP contribution is -2.45. The molecule has 0 radical (unpaired) electrons. The maximum atomic E-state index is 13.3. The average Bonchev–Trinajstić information content (AvgIpc) is 3.25. The van der Waals surface area contributed by atoms with Gasteiger partial charge >= 0.3 is 12.1 Å². The molecule has 2 aromatic heterocycles. The molecule has 1 amide bonds. The fourth-order valence-electron chi connectivity index (χ4n) is 3.64. The lowest BCUT2D eigenvalue weighted by Gasteiger charge is -2.23. The first-order valence-electron chi connectivity index (χ1n) is 12.2. The summed E-state index contributed by atoms with van der Waals surface area (Å²) in [6, 6.07) is 2.43. The van der Waals surface area contributed by atoms with Crippen LogP contribution in [-0.2, 0) is 16.0 Å². The van der Waals surface area contributed by atoms with Gasteiger partial charge in [0.15, 0.2) is 0 Å². The predicted octanol–water partition coefficient (Wildman–Crippen LogP) is 6.12. The molecule has 37 heavy (non-hydrogen) atoms. The Kier molecular flexibility index (Phi) is 9.78. The SMILES string of the molecule is CCCCc1cc2c(=O)c(-c3csc(C)n3)coc2cc1OC(=O)C(CCSC)NC(=O)OC(C)(C)C. The van der Waals surface area contributed by atoms with Crippen molar-refractivity contribution in [3.05, 3.63) is 44.6 Å². The van der Waals surface area contributed by atoms with Crippen LogP contribution in [0, 0.1) is 6.92 Å². The number of ether oxygens (including phenoxy) is 2. The summed E-state index contributed by atoms with van der Waals surface area (Å²) in [6.45, 7) is 9.21. The van der Waals surface area contributed by atoms with Gasteiger partial charge in [0.05, 0.1) is 21.7 Å². The van der Waals surface area contributed by atoms with Gasteiger partial charge in [-0.25, -0.2) is 14.6 Å². The highest BCUT2D eigenvalue weighted by molar-refractivity contribution is 7.98. The molecule has 0 saturated carbocycles. The molecule has 0 saturated heterocycles. The number of carbonyl (C=O) groups excluding carboxylic acids is 2. The minimum Gasteiger partial charge on any atom is -0.463 e. The number of carbonyl (C=O) groups is 2. The summed E-state index contributed by atoms with van der Waals surface area (Å²) in [6.07, 6.45) is 5.39. The van der Waals surface area contributed by atoms with Crippen molar-refractivity contribution in [2.45, 2.75) is 71.9 Å². The second-order valence-electron chi connectivity index (χ2n) is 9.69. The number of unbranched alkanes of at least 4 members (excludes halogenated alkanes) is 1. The molecule has 0 aliphatic carbocycles. The number of hydrogen-bond donors (Lipinski definition) is 1. The molecular formula is C27H34N2O6S2. The van der Waals surface area contributed by atoms with Gasteiger partial charge in [0, 0.05) is 11.4 Å². The highest BCUT2D eigenvalue weighted by Gasteiger charge is 2.27. The number of benzene rings is 1. The van der Waals surface area contributed by atoms with Gasteiger partial charge in [-0.05, 0) is 70.6 Å². The fraction of sp³-hybridized carbons (Fsp3) is 0.481. The summed E-state index contributed by atoms with van der Waals surface area (Å²) in [5.41, 5.74) is 1.12. The van der Waals surface area contributed by atoms with E-state index in [0.29, 0.717) is 46.6 Å². The number of amides is 1. The number of thioether (sulfide) groups is 1. The monoisotopic (exact) mass is 546 g/mol. The number of thiazole rings is 1. The van der Waals surface area contributed by atoms with E-state index in [1.54, 1.807) is 44.7 Å². The van der Waals surface area contributed by atoms with Crippen molar-refractivity contribution in [3.8, 4) is 17.0 Å². The Labute approximate surface area is 225 Å². The molecule has 0 bridgehead atoms. The van der Waals surface area contributed by atoms with E-state index >= 15 is 0 Å². The summed E-state index contributed by atoms with van der Waals surface area (Å²) in [5, 5.41) is 5.72. The van der Waals surface area contributed by atoms with Crippen molar-refractivity contribution in [1.82, 2.24) is 10.3 Å². The van der Waals surface area contributed by atoms with Crippen molar-refractivity contribution in [2.75, 3.05) is 12.0 Å². The Bertz CT molecular complexity index is 1310. The van der Waals surface area contributed by atoms with Gasteiger partial charge in [-0.15, -0.1) is 11.3 Å². The fourth-order valence-corrected chi connectivity index (χ4v) is 4.72. The number of alkyl carbamates (subject to hydrolysis) is 1. The van der Waals surface area contributed by atoms with Crippen molar-refractivity contribution in [2.24, 2.45) is 0 Å². The Balaban J connectivity index is 1.94. The molecule has 0 fully saturated rings. The van der Waals surface area contributed by atoms with E-state index in [1.165, 1.54) is 17.6 Å². The predicted molar refractivity (Wildman–Crippen MR) is 149 cm³/mol. The number of esters is 1. The van der Waals surface area contributed by atoms with Gasteiger partial charge in [-0.2, -0.15) is 11.8 Å². The van der Waals surface area contributed by atoms with Gasteiger partial charge < -0.3 is 19.2 Å². The van der Waals surface area contributed by atoms with E-state index < -0.39 is 23.7 Å². The lowest BCUT2D eigenvalue weighted by atomic mass is 10.0. The number of aryl methyl sites for hydroxylation is 2. The Morgan fingerprint density at radius 3 is 2.65 bits per heavy atom. The van der Waals surface area contributed by atoms with Crippen LogP contribution >= 0.6 is 23.1 Å². The summed E-state index contributed by atoms with van der Waals surface area (Å²) in [7, 11) is 0. The van der Waals surface area contributed by atoms with E-state index in [0.717, 1.165) is 23.4 Å². The highest BCUT2D eigenvalue weighted by Crippen LogP contribution is 2.29. The molecule has 8 nitrogen and oxygen atoms in total. The van der Waals surface area contributed by atoms with E-state index in [2.05, 4.69) is 17.2 Å². The minimum atomic E-state index is -0.890. The standard InChI is InChI=1S/C27H34N2O6S2/c1-7-8-9-17-12-18-23(33-14-19(24(18)30)21-15-37-16(2)28-21)13-22(17)34-25(31)20(10-11-36-6)29-26(32)35-27(3,4)5/h12-15,20H,7-11H2,1-6H3,(H,29,32). The van der Waals surface area contributed by atoms with Crippen molar-refractivity contribution < 1.29 is 23.5 Å². The molecule has 1 atom stereocenters. The number of rotatable bonds is 10. The minimum absolute atomic E-state index is 0.188. The zero-order valence-electron chi connectivity index (χ0n) is 22.1. The molecule has 3 rings (SSSR count). The first kappa shape index (κ1) is 28.7. The molecule has 3 aromatic rings. The zero-order chi connectivity index (χ0) is 27.2. The van der Waals surface area contributed by atoms with Crippen LogP contribution in [-0.4, -0.2) is 40.7 Å². The lowest BCUT2D eigenvalue weighted by molar-refractivity contribution is -0.136. The number of nitrogens with one attached hydrogen (secondary N) is 1. The van der Waals surface area contributed by atoms with Crippen LogP contribution in [0.2, 0.25) is 0 Å². The molecule has 1 unspecified atom stereocenters. The van der Waals surface area contributed by atoms with Crippen molar-refractivity contribution in [1.29, 1.82) is 0 Å². The third kappa shape index (κ3) is 7.82. The maximum Gasteiger partial charge on any atom is 0.408 e. The molecule has 2 heterocycles. The first-order chi connectivity index (χ1) is 17.5. The molecule has 1 aromatic carbocycles. The molecule has 200 valence electrons. The van der Waals surface area contributed by atoms with Crippen LogP contribution in [0.15, 0.2) is 33.0 Å². The summed E-state index contributed by atoms with van der Waals surface area (Å²) in [4.78, 5) is 43.2. The summed E-state index contributed by atoms with van der Waals surface area (Å²) >= 11 is 3.02. The molecule has 1 N–H and O–H groups in total. The topological polar surface area (TPSA) is 108 Å². The number of hydrogen-bond acceptors (Lipinski definition) is 9. The van der Waals surface area contributed by atoms with Crippen LogP contribution < -0.4 is 15.5 Å². The molecule has 0 aliphatic rings. The highest BCUT2D eigenvalue weighted by atomic mass is 32.2. The quantitative estimate of drug-likeness (QED) is 0.239. The molecular weight excluding hydrogens is 512 g/mol. The third-order valence-electron chi connectivity index (χ3n) is 5.45. The van der Waals surface area contributed by atoms with E-state index in [9.17, 15) is 14.4 Å². The van der Waals surface area contributed by atoms with Crippen LogP contribution in [0.5, 0.6) is 5.75 Å². The van der Waals surface area contributed by atoms with Crippen LogP contribution in [0.25, 0.3) is 22.2 Å². The van der Waals surface area contributed by atoms with Crippen LogP contribution in [0.3, 0.4) is 0 Å². The van der Waals surface area contributed by atoms with Gasteiger partial charge in [-0.3, -0.25) is 4.79 Å². The zero-order valence-corrected chi connectivity index (χ0v) is 23.8. The Morgan fingerprint density at radius 2 is 2.03 bits per heavy atom. The normalized spacial score (nSPS) is 12.4. The Morgan fingerprint density at radius 1 is 1.27 bits per heavy atom. The summed E-state index contributed by atoms with van der Waals surface area (Å²) < 4.78 is 16.9. The average molecular weight is 547 g/mol. The molecule has 10 heteroatoms. The van der Waals surface area contributed by atoms with E-state index in [1.807, 2.05) is 18.6 Å².